The van der Waals surface area contributed by atoms with E-state index in [1.807, 2.05) is 54.6 Å². The Labute approximate surface area is 163 Å². The minimum atomic E-state index is -1.05. The average Bonchev–Trinajstić information content (AvgIpc) is 3.14. The molecule has 0 radical (unpaired) electrons. The number of nitrogens with zero attached hydrogens (tertiary/aromatic N) is 1. The number of ether oxygens (including phenoxy) is 1. The number of para-hydroxylation sites is 1. The fourth-order valence-corrected chi connectivity index (χ4v) is 4.46. The molecule has 1 saturated heterocycles. The van der Waals surface area contributed by atoms with E-state index in [0.717, 1.165) is 11.1 Å². The molecule has 2 aliphatic rings. The van der Waals surface area contributed by atoms with Gasteiger partial charge in [0.15, 0.2) is 0 Å². The number of hydrogen-bond donors (Lipinski definition) is 1. The molecule has 1 spiro atoms. The molecule has 0 aromatic heterocycles. The van der Waals surface area contributed by atoms with E-state index < -0.39 is 11.5 Å². The summed E-state index contributed by atoms with van der Waals surface area (Å²) in [5, 5.41) is 2.44. The molecule has 3 amide bonds. The Morgan fingerprint density at radius 2 is 1.86 bits per heavy atom. The summed E-state index contributed by atoms with van der Waals surface area (Å²) in [7, 11) is 0. The van der Waals surface area contributed by atoms with Crippen LogP contribution in [0.15, 0.2) is 54.6 Å². The third-order valence-electron chi connectivity index (χ3n) is 5.61. The Balaban J connectivity index is 1.60. The number of anilines is 1. The Morgan fingerprint density at radius 1 is 1.14 bits per heavy atom. The summed E-state index contributed by atoms with van der Waals surface area (Å²) < 4.78 is 5.82. The van der Waals surface area contributed by atoms with Crippen molar-refractivity contribution in [1.82, 2.24) is 5.32 Å². The quantitative estimate of drug-likeness (QED) is 0.640. The van der Waals surface area contributed by atoms with Gasteiger partial charge in [0, 0.05) is 25.6 Å². The molecular formula is C22H22N2O4. The van der Waals surface area contributed by atoms with Crippen molar-refractivity contribution in [3.8, 4) is 0 Å². The summed E-state index contributed by atoms with van der Waals surface area (Å²) in [6.07, 6.45) is 0.512. The van der Waals surface area contributed by atoms with Gasteiger partial charge in [0.2, 0.25) is 17.7 Å². The van der Waals surface area contributed by atoms with Crippen molar-refractivity contribution in [1.29, 1.82) is 0 Å². The molecule has 1 N–H and O–H groups in total. The van der Waals surface area contributed by atoms with Gasteiger partial charge in [-0.2, -0.15) is 0 Å². The van der Waals surface area contributed by atoms with Gasteiger partial charge in [-0.1, -0.05) is 48.5 Å². The number of rotatable bonds is 5. The Kier molecular flexibility index (Phi) is 4.73. The van der Waals surface area contributed by atoms with Crippen molar-refractivity contribution >= 4 is 23.4 Å². The summed E-state index contributed by atoms with van der Waals surface area (Å²) in [5.74, 6) is -0.785. The summed E-state index contributed by atoms with van der Waals surface area (Å²) >= 11 is 0. The number of hydrogen-bond acceptors (Lipinski definition) is 4. The van der Waals surface area contributed by atoms with Crippen molar-refractivity contribution in [3.63, 3.8) is 0 Å². The molecule has 6 nitrogen and oxygen atoms in total. The van der Waals surface area contributed by atoms with E-state index in [0.29, 0.717) is 25.3 Å². The normalized spacial score (nSPS) is 23.2. The van der Waals surface area contributed by atoms with Crippen LogP contribution in [0, 0.1) is 0 Å². The van der Waals surface area contributed by atoms with Gasteiger partial charge in [0.1, 0.15) is 5.41 Å². The zero-order valence-corrected chi connectivity index (χ0v) is 15.7. The molecule has 0 aliphatic carbocycles. The summed E-state index contributed by atoms with van der Waals surface area (Å²) in [6, 6.07) is 16.7. The number of carbonyl (C=O) groups is 3. The molecule has 0 saturated carbocycles. The van der Waals surface area contributed by atoms with Crippen LogP contribution in [0.1, 0.15) is 30.9 Å². The first kappa shape index (κ1) is 18.4. The lowest BCUT2D eigenvalue weighted by Gasteiger charge is -2.32. The topological polar surface area (TPSA) is 75.7 Å². The van der Waals surface area contributed by atoms with E-state index in [1.54, 1.807) is 4.90 Å². The number of benzene rings is 2. The van der Waals surface area contributed by atoms with Crippen molar-refractivity contribution in [2.45, 2.75) is 37.8 Å². The van der Waals surface area contributed by atoms with Crippen molar-refractivity contribution in [3.05, 3.63) is 65.7 Å². The fraction of sp³-hybridized carbons (Fsp3) is 0.318. The molecule has 2 aromatic rings. The molecule has 6 heteroatoms. The zero-order valence-electron chi connectivity index (χ0n) is 15.7. The molecule has 0 unspecified atom stereocenters. The monoisotopic (exact) mass is 378 g/mol. The van der Waals surface area contributed by atoms with Crippen LogP contribution >= 0.6 is 0 Å². The van der Waals surface area contributed by atoms with Gasteiger partial charge in [-0.3, -0.25) is 19.7 Å². The van der Waals surface area contributed by atoms with Crippen LogP contribution in [-0.4, -0.2) is 30.4 Å². The maximum atomic E-state index is 12.9. The fourth-order valence-electron chi connectivity index (χ4n) is 4.46. The highest BCUT2D eigenvalue weighted by molar-refractivity contribution is 6.13. The summed E-state index contributed by atoms with van der Waals surface area (Å²) in [4.78, 5) is 39.1. The second kappa shape index (κ2) is 7.20. The lowest BCUT2D eigenvalue weighted by Crippen LogP contribution is -2.51. The predicted octanol–water partition coefficient (Wildman–Crippen LogP) is 2.31. The van der Waals surface area contributed by atoms with Crippen LogP contribution in [0.3, 0.4) is 0 Å². The lowest BCUT2D eigenvalue weighted by atomic mass is 9.74. The Hall–Kier alpha value is -2.99. The van der Waals surface area contributed by atoms with Crippen LogP contribution in [-0.2, 0) is 31.1 Å². The maximum absolute atomic E-state index is 12.9. The largest absolute Gasteiger partial charge is 0.377 e. The van der Waals surface area contributed by atoms with Gasteiger partial charge < -0.3 is 9.64 Å². The molecule has 2 aliphatic heterocycles. The highest BCUT2D eigenvalue weighted by Crippen LogP contribution is 2.50. The minimum absolute atomic E-state index is 0.0516. The zero-order chi connectivity index (χ0) is 19.7. The van der Waals surface area contributed by atoms with Crippen LogP contribution in [0.5, 0.6) is 0 Å². The van der Waals surface area contributed by atoms with Gasteiger partial charge >= 0.3 is 0 Å². The molecule has 2 heterocycles. The highest BCUT2D eigenvalue weighted by Gasteiger charge is 2.60. The third-order valence-corrected chi connectivity index (χ3v) is 5.61. The van der Waals surface area contributed by atoms with E-state index >= 15 is 0 Å². The number of nitrogens with one attached hydrogen (secondary N) is 1. The molecule has 2 aromatic carbocycles. The van der Waals surface area contributed by atoms with E-state index in [4.69, 9.17) is 4.74 Å². The van der Waals surface area contributed by atoms with Crippen molar-refractivity contribution in [2.24, 2.45) is 0 Å². The number of fused-ring (bicyclic) bond motifs is 2. The Morgan fingerprint density at radius 3 is 2.54 bits per heavy atom. The molecule has 1 fully saturated rings. The van der Waals surface area contributed by atoms with E-state index in [2.05, 4.69) is 5.32 Å². The van der Waals surface area contributed by atoms with Gasteiger partial charge in [-0.15, -0.1) is 0 Å². The number of imide groups is 1. The summed E-state index contributed by atoms with van der Waals surface area (Å²) in [5.41, 5.74) is 1.45. The molecule has 28 heavy (non-hydrogen) atoms. The first-order valence-electron chi connectivity index (χ1n) is 9.39. The first-order valence-corrected chi connectivity index (χ1v) is 9.39. The predicted molar refractivity (Wildman–Crippen MR) is 104 cm³/mol. The van der Waals surface area contributed by atoms with Crippen LogP contribution in [0.4, 0.5) is 5.69 Å². The lowest BCUT2D eigenvalue weighted by molar-refractivity contribution is -0.126. The molecule has 144 valence electrons. The average molecular weight is 378 g/mol. The highest BCUT2D eigenvalue weighted by atomic mass is 16.5. The standard InChI is InChI=1S/C22H22N2O4/c1-15(25)24-18-10-6-5-9-17(18)22(13-20(26)23-21(22)27)19(24)11-12-28-14-16-7-3-2-4-8-16/h2-10,19H,11-14H2,1H3,(H,23,26,27)/t19-,22-/m0/s1. The number of carbonyl (C=O) groups excluding carboxylic acids is 3. The maximum Gasteiger partial charge on any atom is 0.239 e. The smallest absolute Gasteiger partial charge is 0.239 e. The van der Waals surface area contributed by atoms with Crippen molar-refractivity contribution < 1.29 is 19.1 Å². The summed E-state index contributed by atoms with van der Waals surface area (Å²) in [6.45, 7) is 2.32. The van der Waals surface area contributed by atoms with E-state index in [-0.39, 0.29) is 24.1 Å². The molecule has 0 bridgehead atoms. The van der Waals surface area contributed by atoms with Crippen LogP contribution < -0.4 is 10.2 Å². The first-order chi connectivity index (χ1) is 13.5. The van der Waals surface area contributed by atoms with Crippen LogP contribution in [0.2, 0.25) is 0 Å². The Bertz CT molecular complexity index is 927. The van der Waals surface area contributed by atoms with E-state index in [9.17, 15) is 14.4 Å². The molecule has 2 atom stereocenters. The van der Waals surface area contributed by atoms with Crippen LogP contribution in [0.25, 0.3) is 0 Å². The third kappa shape index (κ3) is 2.90. The molecular weight excluding hydrogens is 356 g/mol. The second-order valence-electron chi connectivity index (χ2n) is 7.27. The van der Waals surface area contributed by atoms with Gasteiger partial charge in [0.05, 0.1) is 12.6 Å². The van der Waals surface area contributed by atoms with Gasteiger partial charge in [-0.05, 0) is 23.6 Å². The minimum Gasteiger partial charge on any atom is -0.377 e. The van der Waals surface area contributed by atoms with Gasteiger partial charge in [0.25, 0.3) is 0 Å². The SMILES string of the molecule is CC(=O)N1c2ccccc2[C@@]2(CC(=O)NC2=O)[C@@H]1CCOCc1ccccc1. The molecule has 4 rings (SSSR count). The second-order valence-corrected chi connectivity index (χ2v) is 7.27. The van der Waals surface area contributed by atoms with Gasteiger partial charge in [-0.25, -0.2) is 0 Å². The van der Waals surface area contributed by atoms with Crippen molar-refractivity contribution in [2.75, 3.05) is 11.5 Å². The van der Waals surface area contributed by atoms with E-state index in [1.165, 1.54) is 6.92 Å². The number of amides is 3.